The van der Waals surface area contributed by atoms with Crippen LogP contribution in [0.5, 0.6) is 0 Å². The summed E-state index contributed by atoms with van der Waals surface area (Å²) in [7, 11) is 0. The third-order valence-corrected chi connectivity index (χ3v) is 6.19. The van der Waals surface area contributed by atoms with E-state index in [1.165, 1.54) is 5.38 Å². The highest BCUT2D eigenvalue weighted by Gasteiger charge is 2.53. The highest BCUT2D eigenvalue weighted by atomic mass is 35.5. The zero-order valence-electron chi connectivity index (χ0n) is 19.3. The van der Waals surface area contributed by atoms with Crippen LogP contribution < -0.4 is 9.80 Å². The molecule has 3 aromatic rings. The summed E-state index contributed by atoms with van der Waals surface area (Å²) in [6.07, 6.45) is -9.68. The molecule has 3 atom stereocenters. The number of carbonyl (C=O) groups excluding carboxylic acids is 2. The predicted octanol–water partition coefficient (Wildman–Crippen LogP) is 3.35. The Morgan fingerprint density at radius 3 is 2.62 bits per heavy atom. The quantitative estimate of drug-likeness (QED) is 0.405. The molecule has 1 aliphatic rings. The van der Waals surface area contributed by atoms with Crippen molar-refractivity contribution >= 4 is 56.5 Å². The van der Waals surface area contributed by atoms with Crippen LogP contribution in [0.15, 0.2) is 29.6 Å². The molecule has 2 amide bonds. The van der Waals surface area contributed by atoms with Gasteiger partial charge >= 0.3 is 6.18 Å². The first-order valence-electron chi connectivity index (χ1n) is 10.7. The summed E-state index contributed by atoms with van der Waals surface area (Å²) in [6, 6.07) is -0.188. The number of nitrogens with zero attached hydrogens (tertiary/aromatic N) is 3. The van der Waals surface area contributed by atoms with Crippen molar-refractivity contribution in [2.45, 2.75) is 24.4 Å². The Balaban J connectivity index is 1.90. The van der Waals surface area contributed by atoms with Gasteiger partial charge in [0.2, 0.25) is 0 Å². The van der Waals surface area contributed by atoms with E-state index in [1.807, 2.05) is 0 Å². The molecule has 0 radical (unpaired) electrons. The Labute approximate surface area is 200 Å². The second-order valence-corrected chi connectivity index (χ2v) is 8.45. The molecule has 34 heavy (non-hydrogen) atoms. The summed E-state index contributed by atoms with van der Waals surface area (Å²) in [5, 5.41) is 20.8. The maximum absolute atomic E-state index is 14.6. The van der Waals surface area contributed by atoms with Gasteiger partial charge in [0.25, 0.3) is 11.8 Å². The SMILES string of the molecule is [2H]C([2H])([2H])N(C(=O)C1[C@H](O)[C@H](O)C(=O)N1c1cc(C(F)(F)F)c2ccsc2n1)c1cc(Cl)c(F)cc1F. The lowest BCUT2D eigenvalue weighted by Crippen LogP contribution is -2.50. The normalized spacial score (nSPS) is 22.6. The number of thiophene rings is 1. The number of halogens is 6. The molecule has 1 saturated heterocycles. The molecule has 1 aliphatic heterocycles. The van der Waals surface area contributed by atoms with Gasteiger partial charge in [0.05, 0.1) is 16.3 Å². The number of hydrogen-bond acceptors (Lipinski definition) is 6. The molecule has 0 spiro atoms. The van der Waals surface area contributed by atoms with Crippen LogP contribution in [0.25, 0.3) is 10.2 Å². The van der Waals surface area contributed by atoms with Crippen molar-refractivity contribution in [2.75, 3.05) is 16.8 Å². The fraction of sp³-hybridized carbons (Fsp3) is 0.250. The van der Waals surface area contributed by atoms with Gasteiger partial charge in [-0.1, -0.05) is 11.6 Å². The van der Waals surface area contributed by atoms with Gasteiger partial charge in [0, 0.05) is 22.5 Å². The molecule has 1 unspecified atom stereocenters. The number of aliphatic hydroxyl groups is 2. The van der Waals surface area contributed by atoms with E-state index in [9.17, 15) is 41.8 Å². The third kappa shape index (κ3) is 3.87. The molecule has 180 valence electrons. The highest BCUT2D eigenvalue weighted by molar-refractivity contribution is 7.16. The summed E-state index contributed by atoms with van der Waals surface area (Å²) in [4.78, 5) is 30.0. The lowest BCUT2D eigenvalue weighted by Gasteiger charge is -2.29. The van der Waals surface area contributed by atoms with Crippen LogP contribution in [-0.2, 0) is 15.8 Å². The fourth-order valence-corrected chi connectivity index (χ4v) is 4.43. The Morgan fingerprint density at radius 1 is 1.26 bits per heavy atom. The Kier molecular flexibility index (Phi) is 5.07. The van der Waals surface area contributed by atoms with Gasteiger partial charge in [-0.05, 0) is 23.6 Å². The van der Waals surface area contributed by atoms with Gasteiger partial charge in [0.15, 0.2) is 6.10 Å². The minimum Gasteiger partial charge on any atom is -0.387 e. The number of benzene rings is 1. The highest BCUT2D eigenvalue weighted by Crippen LogP contribution is 2.40. The Bertz CT molecular complexity index is 1420. The number of aromatic nitrogens is 1. The topological polar surface area (TPSA) is 94.0 Å². The van der Waals surface area contributed by atoms with Gasteiger partial charge in [-0.25, -0.2) is 13.8 Å². The maximum Gasteiger partial charge on any atom is 0.417 e. The number of likely N-dealkylation sites (N-methyl/N-ethyl adjacent to an activating group) is 1. The van der Waals surface area contributed by atoms with E-state index in [0.717, 1.165) is 17.4 Å². The molecule has 0 aliphatic carbocycles. The Hall–Kier alpha value is -2.87. The minimum absolute atomic E-state index is 0.189. The number of pyridine rings is 1. The molecule has 0 bridgehead atoms. The first kappa shape index (κ1) is 20.5. The smallest absolute Gasteiger partial charge is 0.387 e. The van der Waals surface area contributed by atoms with Crippen molar-refractivity contribution in [2.24, 2.45) is 0 Å². The monoisotopic (exact) mass is 524 g/mol. The van der Waals surface area contributed by atoms with Crippen LogP contribution in [0.4, 0.5) is 33.5 Å². The molecule has 2 aromatic heterocycles. The lowest BCUT2D eigenvalue weighted by atomic mass is 10.1. The van der Waals surface area contributed by atoms with E-state index < -0.39 is 76.9 Å². The van der Waals surface area contributed by atoms with Crippen LogP contribution >= 0.6 is 22.9 Å². The van der Waals surface area contributed by atoms with E-state index in [2.05, 4.69) is 4.98 Å². The van der Waals surface area contributed by atoms with Crippen molar-refractivity contribution in [1.29, 1.82) is 0 Å². The number of carbonyl (C=O) groups is 2. The summed E-state index contributed by atoms with van der Waals surface area (Å²) in [5.74, 6) is -6.88. The minimum atomic E-state index is -4.95. The molecular formula is C20H13ClF5N3O4S. The zero-order valence-corrected chi connectivity index (χ0v) is 17.9. The maximum atomic E-state index is 14.6. The third-order valence-electron chi connectivity index (χ3n) is 5.10. The number of hydrogen-bond donors (Lipinski definition) is 2. The fourth-order valence-electron chi connectivity index (χ4n) is 3.49. The standard InChI is InChI=1S/C20H13ClF5N3O4S/c1-28(12-5-9(21)10(22)6-11(12)23)18(32)14-15(30)16(31)19(33)29(14)13-4-8(20(24,25)26)7-2-3-34-17(7)27-13/h2-6,14-16,30-31H,1H3/t14?,15-,16-/m0/s1/i1D3. The number of fused-ring (bicyclic) bond motifs is 1. The second-order valence-electron chi connectivity index (χ2n) is 7.15. The van der Waals surface area contributed by atoms with Crippen molar-refractivity contribution in [3.05, 3.63) is 51.9 Å². The van der Waals surface area contributed by atoms with E-state index in [-0.39, 0.29) is 26.1 Å². The second kappa shape index (κ2) is 8.41. The zero-order chi connectivity index (χ0) is 27.6. The predicted molar refractivity (Wildman–Crippen MR) is 113 cm³/mol. The van der Waals surface area contributed by atoms with Crippen LogP contribution in [0, 0.1) is 11.6 Å². The van der Waals surface area contributed by atoms with Crippen molar-refractivity contribution in [1.82, 2.24) is 4.98 Å². The average Bonchev–Trinajstić information content (AvgIpc) is 3.33. The Morgan fingerprint density at radius 2 is 1.97 bits per heavy atom. The van der Waals surface area contributed by atoms with Crippen molar-refractivity contribution < 1.29 is 45.9 Å². The molecule has 4 rings (SSSR count). The first-order chi connectivity index (χ1) is 17.0. The molecule has 1 fully saturated rings. The van der Waals surface area contributed by atoms with Crippen LogP contribution in [0.3, 0.4) is 0 Å². The van der Waals surface area contributed by atoms with Crippen molar-refractivity contribution in [3.8, 4) is 0 Å². The summed E-state index contributed by atoms with van der Waals surface area (Å²) < 4.78 is 92.6. The number of amides is 2. The van der Waals surface area contributed by atoms with Gasteiger partial charge in [-0.3, -0.25) is 14.5 Å². The van der Waals surface area contributed by atoms with Crippen LogP contribution in [-0.4, -0.2) is 52.2 Å². The van der Waals surface area contributed by atoms with E-state index in [1.54, 1.807) is 0 Å². The van der Waals surface area contributed by atoms with Crippen LogP contribution in [0.1, 0.15) is 9.68 Å². The first-order valence-corrected chi connectivity index (χ1v) is 10.4. The molecular weight excluding hydrogens is 509 g/mol. The van der Waals surface area contributed by atoms with Gasteiger partial charge in [-0.2, -0.15) is 13.2 Å². The summed E-state index contributed by atoms with van der Waals surface area (Å²) in [5.41, 5.74) is -2.33. The average molecular weight is 525 g/mol. The van der Waals surface area contributed by atoms with E-state index in [0.29, 0.717) is 12.1 Å². The summed E-state index contributed by atoms with van der Waals surface area (Å²) >= 11 is 6.37. The van der Waals surface area contributed by atoms with E-state index in [4.69, 9.17) is 15.7 Å². The summed E-state index contributed by atoms with van der Waals surface area (Å²) in [6.45, 7) is -3.52. The van der Waals surface area contributed by atoms with Gasteiger partial charge in [-0.15, -0.1) is 11.3 Å². The van der Waals surface area contributed by atoms with Crippen LogP contribution in [0.2, 0.25) is 5.02 Å². The molecule has 7 nitrogen and oxygen atoms in total. The van der Waals surface area contributed by atoms with E-state index >= 15 is 0 Å². The largest absolute Gasteiger partial charge is 0.417 e. The number of alkyl halides is 3. The van der Waals surface area contributed by atoms with Gasteiger partial charge < -0.3 is 15.1 Å². The van der Waals surface area contributed by atoms with Crippen molar-refractivity contribution in [3.63, 3.8) is 0 Å². The number of rotatable bonds is 3. The molecule has 14 heteroatoms. The molecule has 2 N–H and O–H groups in total. The molecule has 0 saturated carbocycles. The van der Waals surface area contributed by atoms with Gasteiger partial charge in [0.1, 0.15) is 34.4 Å². The molecule has 1 aromatic carbocycles. The lowest BCUT2D eigenvalue weighted by molar-refractivity contribution is -0.136. The number of anilines is 2. The number of aliphatic hydroxyl groups excluding tert-OH is 2. The molecule has 3 heterocycles.